The molecule has 0 saturated carbocycles. The van der Waals surface area contributed by atoms with Crippen LogP contribution in [0.2, 0.25) is 0 Å². The van der Waals surface area contributed by atoms with Crippen molar-refractivity contribution in [3.05, 3.63) is 46.2 Å². The number of amides is 1. The standard InChI is InChI=1S/C13H14N2O3S2/c1-9-6-11(20(14,17)18)2-3-12(9)15-13(16)7-10-4-5-19-8-10/h2-6,8H,7H2,1H3,(H,15,16)(H2,14,17,18). The van der Waals surface area contributed by atoms with Gasteiger partial charge in [0, 0.05) is 5.69 Å². The first-order chi connectivity index (χ1) is 9.36. The quantitative estimate of drug-likeness (QED) is 0.903. The van der Waals surface area contributed by atoms with Crippen molar-refractivity contribution in [1.29, 1.82) is 0 Å². The van der Waals surface area contributed by atoms with Gasteiger partial charge in [-0.05, 0) is 53.1 Å². The van der Waals surface area contributed by atoms with Crippen molar-refractivity contribution in [1.82, 2.24) is 0 Å². The summed E-state index contributed by atoms with van der Waals surface area (Å²) < 4.78 is 22.4. The maximum Gasteiger partial charge on any atom is 0.238 e. The molecule has 2 rings (SSSR count). The number of nitrogens with two attached hydrogens (primary N) is 1. The number of hydrogen-bond donors (Lipinski definition) is 2. The summed E-state index contributed by atoms with van der Waals surface area (Å²) in [5.74, 6) is -0.144. The normalized spacial score (nSPS) is 11.3. The average Bonchev–Trinajstić information content (AvgIpc) is 2.83. The fourth-order valence-corrected chi connectivity index (χ4v) is 2.99. The third kappa shape index (κ3) is 3.66. The molecule has 0 bridgehead atoms. The number of carbonyl (C=O) groups is 1. The number of hydrogen-bond acceptors (Lipinski definition) is 4. The van der Waals surface area contributed by atoms with Crippen molar-refractivity contribution in [2.75, 3.05) is 5.32 Å². The summed E-state index contributed by atoms with van der Waals surface area (Å²) in [6, 6.07) is 6.25. The minimum Gasteiger partial charge on any atom is -0.326 e. The number of rotatable bonds is 4. The number of sulfonamides is 1. The van der Waals surface area contributed by atoms with Gasteiger partial charge in [0.1, 0.15) is 0 Å². The Kier molecular flexibility index (Phi) is 4.22. The van der Waals surface area contributed by atoms with E-state index in [0.29, 0.717) is 17.7 Å². The minimum atomic E-state index is -3.72. The van der Waals surface area contributed by atoms with Crippen molar-refractivity contribution >= 4 is 33.0 Å². The Hall–Kier alpha value is -1.70. The molecular weight excluding hydrogens is 296 g/mol. The Balaban J connectivity index is 2.12. The highest BCUT2D eigenvalue weighted by molar-refractivity contribution is 7.89. The van der Waals surface area contributed by atoms with Crippen LogP contribution in [0.4, 0.5) is 5.69 Å². The van der Waals surface area contributed by atoms with Crippen molar-refractivity contribution in [2.24, 2.45) is 5.14 Å². The SMILES string of the molecule is Cc1cc(S(N)(=O)=O)ccc1NC(=O)Cc1ccsc1. The maximum atomic E-state index is 11.9. The zero-order chi connectivity index (χ0) is 14.8. The Bertz CT molecular complexity index is 722. The smallest absolute Gasteiger partial charge is 0.238 e. The molecule has 2 aromatic rings. The first-order valence-electron chi connectivity index (χ1n) is 5.80. The molecule has 1 heterocycles. The highest BCUT2D eigenvalue weighted by Gasteiger charge is 2.11. The first-order valence-corrected chi connectivity index (χ1v) is 8.29. The van der Waals surface area contributed by atoms with E-state index in [1.165, 1.54) is 23.5 Å². The number of primary sulfonamides is 1. The molecule has 1 amide bonds. The van der Waals surface area contributed by atoms with E-state index >= 15 is 0 Å². The summed E-state index contributed by atoms with van der Waals surface area (Å²) in [7, 11) is -3.72. The Labute approximate surface area is 121 Å². The van der Waals surface area contributed by atoms with Gasteiger partial charge in [-0.25, -0.2) is 13.6 Å². The summed E-state index contributed by atoms with van der Waals surface area (Å²) in [6.07, 6.45) is 0.292. The lowest BCUT2D eigenvalue weighted by atomic mass is 10.2. The van der Waals surface area contributed by atoms with Gasteiger partial charge in [-0.1, -0.05) is 0 Å². The lowest BCUT2D eigenvalue weighted by Crippen LogP contribution is -2.16. The fourth-order valence-electron chi connectivity index (χ4n) is 1.73. The predicted molar refractivity (Wildman–Crippen MR) is 79.2 cm³/mol. The van der Waals surface area contributed by atoms with Crippen LogP contribution in [0, 0.1) is 6.92 Å². The van der Waals surface area contributed by atoms with E-state index < -0.39 is 10.0 Å². The zero-order valence-electron chi connectivity index (χ0n) is 10.8. The summed E-state index contributed by atoms with van der Waals surface area (Å²) in [6.45, 7) is 1.72. The van der Waals surface area contributed by atoms with Crippen LogP contribution < -0.4 is 10.5 Å². The van der Waals surface area contributed by atoms with Gasteiger partial charge in [0.25, 0.3) is 0 Å². The third-order valence-corrected chi connectivity index (χ3v) is 4.39. The van der Waals surface area contributed by atoms with Crippen LogP contribution in [0.5, 0.6) is 0 Å². The molecule has 0 radical (unpaired) electrons. The van der Waals surface area contributed by atoms with Crippen molar-refractivity contribution in [3.63, 3.8) is 0 Å². The van der Waals surface area contributed by atoms with E-state index in [9.17, 15) is 13.2 Å². The molecule has 20 heavy (non-hydrogen) atoms. The largest absolute Gasteiger partial charge is 0.326 e. The van der Waals surface area contributed by atoms with Gasteiger partial charge in [0.2, 0.25) is 15.9 Å². The van der Waals surface area contributed by atoms with E-state index in [2.05, 4.69) is 5.32 Å². The van der Waals surface area contributed by atoms with Crippen LogP contribution in [0.25, 0.3) is 0 Å². The molecule has 0 unspecified atom stereocenters. The van der Waals surface area contributed by atoms with Crippen LogP contribution in [0.1, 0.15) is 11.1 Å². The van der Waals surface area contributed by atoms with E-state index in [1.54, 1.807) is 13.0 Å². The molecule has 1 aromatic heterocycles. The molecule has 106 valence electrons. The zero-order valence-corrected chi connectivity index (χ0v) is 12.4. The van der Waals surface area contributed by atoms with E-state index in [1.807, 2.05) is 16.8 Å². The molecule has 0 atom stereocenters. The molecule has 0 aliphatic rings. The van der Waals surface area contributed by atoms with Crippen molar-refractivity contribution in [3.8, 4) is 0 Å². The van der Waals surface area contributed by atoms with Crippen molar-refractivity contribution in [2.45, 2.75) is 18.2 Å². The van der Waals surface area contributed by atoms with Gasteiger partial charge >= 0.3 is 0 Å². The second kappa shape index (κ2) is 5.74. The second-order valence-corrected chi connectivity index (χ2v) is 6.72. The van der Waals surface area contributed by atoms with Crippen LogP contribution in [-0.2, 0) is 21.2 Å². The molecule has 0 saturated heterocycles. The molecule has 3 N–H and O–H groups in total. The fraction of sp³-hybridized carbons (Fsp3) is 0.154. The van der Waals surface area contributed by atoms with Gasteiger partial charge in [-0.15, -0.1) is 0 Å². The second-order valence-electron chi connectivity index (χ2n) is 4.38. The Morgan fingerprint density at radius 1 is 1.35 bits per heavy atom. The van der Waals surface area contributed by atoms with Crippen LogP contribution in [-0.4, -0.2) is 14.3 Å². The minimum absolute atomic E-state index is 0.0332. The molecule has 7 heteroatoms. The van der Waals surface area contributed by atoms with E-state index in [-0.39, 0.29) is 10.8 Å². The van der Waals surface area contributed by atoms with Crippen LogP contribution in [0.15, 0.2) is 39.9 Å². The van der Waals surface area contributed by atoms with E-state index in [0.717, 1.165) is 5.56 Å². The molecule has 0 aliphatic heterocycles. The Morgan fingerprint density at radius 2 is 2.10 bits per heavy atom. The van der Waals surface area contributed by atoms with Gasteiger partial charge in [-0.2, -0.15) is 11.3 Å². The van der Waals surface area contributed by atoms with Gasteiger partial charge in [0.05, 0.1) is 11.3 Å². The number of anilines is 1. The topological polar surface area (TPSA) is 89.3 Å². The molecule has 5 nitrogen and oxygen atoms in total. The van der Waals surface area contributed by atoms with Crippen LogP contribution >= 0.6 is 11.3 Å². The van der Waals surface area contributed by atoms with Crippen LogP contribution in [0.3, 0.4) is 0 Å². The predicted octanol–water partition coefficient (Wildman–Crippen LogP) is 1.89. The average molecular weight is 310 g/mol. The summed E-state index contributed by atoms with van der Waals surface area (Å²) in [5.41, 5.74) is 2.18. The molecule has 0 spiro atoms. The Morgan fingerprint density at radius 3 is 2.65 bits per heavy atom. The number of benzene rings is 1. The van der Waals surface area contributed by atoms with Gasteiger partial charge in [0.15, 0.2) is 0 Å². The van der Waals surface area contributed by atoms with E-state index in [4.69, 9.17) is 5.14 Å². The molecule has 0 fully saturated rings. The summed E-state index contributed by atoms with van der Waals surface area (Å²) >= 11 is 1.54. The number of aryl methyl sites for hydroxylation is 1. The molecule has 0 aliphatic carbocycles. The molecular formula is C13H14N2O3S2. The number of thiophene rings is 1. The first kappa shape index (κ1) is 14.7. The highest BCUT2D eigenvalue weighted by atomic mass is 32.2. The maximum absolute atomic E-state index is 11.9. The van der Waals surface area contributed by atoms with Gasteiger partial charge < -0.3 is 5.32 Å². The monoisotopic (exact) mass is 310 g/mol. The summed E-state index contributed by atoms with van der Waals surface area (Å²) in [5, 5.41) is 11.6. The number of nitrogens with one attached hydrogen (secondary N) is 1. The highest BCUT2D eigenvalue weighted by Crippen LogP contribution is 2.19. The third-order valence-electron chi connectivity index (χ3n) is 2.75. The number of carbonyl (C=O) groups excluding carboxylic acids is 1. The van der Waals surface area contributed by atoms with Crippen molar-refractivity contribution < 1.29 is 13.2 Å². The summed E-state index contributed by atoms with van der Waals surface area (Å²) in [4.78, 5) is 11.9. The lowest BCUT2D eigenvalue weighted by molar-refractivity contribution is -0.115. The van der Waals surface area contributed by atoms with Gasteiger partial charge in [-0.3, -0.25) is 4.79 Å². The lowest BCUT2D eigenvalue weighted by Gasteiger charge is -2.09. The molecule has 1 aromatic carbocycles.